The largest absolute Gasteiger partial charge is 0.316 e. The van der Waals surface area contributed by atoms with Gasteiger partial charge in [0.05, 0.1) is 5.92 Å². The van der Waals surface area contributed by atoms with Gasteiger partial charge in [0.25, 0.3) is 5.91 Å². The number of unbranched alkanes of at least 4 members (excludes halogenated alkanes) is 1. The van der Waals surface area contributed by atoms with Crippen molar-refractivity contribution in [2.45, 2.75) is 58.9 Å². The van der Waals surface area contributed by atoms with Crippen LogP contribution in [-0.4, -0.2) is 23.0 Å². The molecule has 1 atom stereocenters. The van der Waals surface area contributed by atoms with E-state index in [0.29, 0.717) is 0 Å². The van der Waals surface area contributed by atoms with Crippen LogP contribution in [0.1, 0.15) is 52.5 Å². The van der Waals surface area contributed by atoms with Crippen LogP contribution in [0.25, 0.3) is 0 Å². The molecule has 0 aromatic carbocycles. The van der Waals surface area contributed by atoms with Crippen molar-refractivity contribution in [1.82, 2.24) is 9.27 Å². The van der Waals surface area contributed by atoms with Crippen LogP contribution < -0.4 is 9.99 Å². The molecule has 1 aliphatic rings. The topological polar surface area (TPSA) is 46.4 Å². The molecule has 1 unspecified atom stereocenters. The van der Waals surface area contributed by atoms with Gasteiger partial charge in [0.2, 0.25) is 0 Å². The van der Waals surface area contributed by atoms with Crippen molar-refractivity contribution >= 4 is 17.4 Å². The second-order valence-corrected chi connectivity index (χ2v) is 7.75. The number of aryl methyl sites for hydroxylation is 1. The number of carbonyl (C=O) groups excluding carboxylic acids is 1. The highest BCUT2D eigenvalue weighted by Gasteiger charge is 2.22. The normalized spacial score (nSPS) is 20.2. The molecular weight excluding hydrogens is 282 g/mol. The molecule has 0 saturated carbocycles. The van der Waals surface area contributed by atoms with Gasteiger partial charge in [0.1, 0.15) is 4.67 Å². The molecular formula is C16H27N3OS. The third kappa shape index (κ3) is 4.27. The highest BCUT2D eigenvalue weighted by atomic mass is 32.1. The summed E-state index contributed by atoms with van der Waals surface area (Å²) in [6.45, 7) is 10.4. The first-order chi connectivity index (χ1) is 9.91. The molecule has 1 amide bonds. The average Bonchev–Trinajstić information content (AvgIpc) is 3.05. The number of nitrogens with zero attached hydrogens (tertiary/aromatic N) is 2. The molecule has 1 aromatic heterocycles. The van der Waals surface area contributed by atoms with Crippen molar-refractivity contribution in [3.63, 3.8) is 0 Å². The van der Waals surface area contributed by atoms with Crippen LogP contribution in [0.2, 0.25) is 0 Å². The van der Waals surface area contributed by atoms with E-state index in [9.17, 15) is 4.79 Å². The predicted molar refractivity (Wildman–Crippen MR) is 87.5 cm³/mol. The Bertz CT molecular complexity index is 545. The molecule has 21 heavy (non-hydrogen) atoms. The third-order valence-electron chi connectivity index (χ3n) is 3.81. The van der Waals surface area contributed by atoms with Crippen LogP contribution in [-0.2, 0) is 16.8 Å². The van der Waals surface area contributed by atoms with Crippen molar-refractivity contribution < 1.29 is 4.79 Å². The Hall–Kier alpha value is -0.940. The summed E-state index contributed by atoms with van der Waals surface area (Å²) in [7, 11) is 0. The minimum absolute atomic E-state index is 0.0391. The maximum absolute atomic E-state index is 12.3. The second-order valence-electron chi connectivity index (χ2n) is 6.79. The highest BCUT2D eigenvalue weighted by molar-refractivity contribution is 7.04. The van der Waals surface area contributed by atoms with Crippen LogP contribution in [0.4, 0.5) is 0 Å². The van der Waals surface area contributed by atoms with E-state index in [-0.39, 0.29) is 17.4 Å². The first-order valence-corrected chi connectivity index (χ1v) is 8.70. The molecule has 0 radical (unpaired) electrons. The fourth-order valence-corrected chi connectivity index (χ4v) is 3.44. The van der Waals surface area contributed by atoms with Crippen LogP contribution in [0.5, 0.6) is 0 Å². The van der Waals surface area contributed by atoms with Gasteiger partial charge in [0, 0.05) is 23.8 Å². The molecule has 5 heteroatoms. The van der Waals surface area contributed by atoms with Gasteiger partial charge in [0.15, 0.2) is 0 Å². The average molecular weight is 309 g/mol. The Morgan fingerprint density at radius 2 is 2.29 bits per heavy atom. The van der Waals surface area contributed by atoms with E-state index in [1.165, 1.54) is 5.56 Å². The van der Waals surface area contributed by atoms with E-state index in [4.69, 9.17) is 0 Å². The summed E-state index contributed by atoms with van der Waals surface area (Å²) in [5, 5.41) is 3.23. The summed E-state index contributed by atoms with van der Waals surface area (Å²) in [6.07, 6.45) is 6.40. The van der Waals surface area contributed by atoms with E-state index in [0.717, 1.165) is 43.4 Å². The van der Waals surface area contributed by atoms with Crippen LogP contribution >= 0.6 is 11.5 Å². The Morgan fingerprint density at radius 1 is 1.52 bits per heavy atom. The summed E-state index contributed by atoms with van der Waals surface area (Å²) in [4.78, 5) is 16.7. The van der Waals surface area contributed by atoms with E-state index >= 15 is 0 Å². The third-order valence-corrected chi connectivity index (χ3v) is 5.19. The molecule has 2 heterocycles. The number of rotatable bonds is 4. The van der Waals surface area contributed by atoms with Crippen molar-refractivity contribution in [2.75, 3.05) is 13.1 Å². The van der Waals surface area contributed by atoms with E-state index in [1.807, 2.05) is 0 Å². The lowest BCUT2D eigenvalue weighted by Gasteiger charge is -2.19. The summed E-state index contributed by atoms with van der Waals surface area (Å²) < 4.78 is 3.13. The van der Waals surface area contributed by atoms with Gasteiger partial charge < -0.3 is 5.32 Å². The molecule has 1 aromatic rings. The number of nitrogens with one attached hydrogen (secondary N) is 1. The number of carbonyl (C=O) groups is 1. The minimum Gasteiger partial charge on any atom is -0.316 e. The summed E-state index contributed by atoms with van der Waals surface area (Å²) in [6, 6.07) is 0. The number of hydrogen-bond donors (Lipinski definition) is 1. The number of aromatic nitrogens is 1. The number of amides is 1. The van der Waals surface area contributed by atoms with Crippen LogP contribution in [0, 0.1) is 5.92 Å². The minimum atomic E-state index is 0.0391. The van der Waals surface area contributed by atoms with Gasteiger partial charge in [-0.15, -0.1) is 0 Å². The molecule has 4 nitrogen and oxygen atoms in total. The molecule has 1 aliphatic heterocycles. The van der Waals surface area contributed by atoms with Crippen LogP contribution in [0.3, 0.4) is 0 Å². The molecule has 1 fully saturated rings. The summed E-state index contributed by atoms with van der Waals surface area (Å²) >= 11 is 1.61. The van der Waals surface area contributed by atoms with Gasteiger partial charge in [-0.1, -0.05) is 13.3 Å². The van der Waals surface area contributed by atoms with E-state index in [1.54, 1.807) is 11.5 Å². The first-order valence-electron chi connectivity index (χ1n) is 7.93. The van der Waals surface area contributed by atoms with Crippen molar-refractivity contribution in [2.24, 2.45) is 10.9 Å². The van der Waals surface area contributed by atoms with Gasteiger partial charge in [-0.25, -0.2) is 4.99 Å². The lowest BCUT2D eigenvalue weighted by molar-refractivity contribution is -0.121. The van der Waals surface area contributed by atoms with Gasteiger partial charge in [-0.3, -0.25) is 8.75 Å². The monoisotopic (exact) mass is 309 g/mol. The van der Waals surface area contributed by atoms with Crippen LogP contribution in [0.15, 0.2) is 11.2 Å². The highest BCUT2D eigenvalue weighted by Crippen LogP contribution is 2.18. The van der Waals surface area contributed by atoms with Gasteiger partial charge in [-0.05, 0) is 58.1 Å². The zero-order chi connectivity index (χ0) is 15.5. The molecule has 0 spiro atoms. The standard InChI is InChI=1S/C16H27N3OS/c1-5-6-7-13-11-19(16(2,3)4)21-15(13)18-14(20)12-8-9-17-10-12/h11-12,17H,5-10H2,1-4H3. The van der Waals surface area contributed by atoms with Crippen molar-refractivity contribution in [3.05, 3.63) is 16.4 Å². The SMILES string of the molecule is CCCCc1cn(C(C)(C)C)sc1=NC(=O)C1CCNC1. The maximum Gasteiger partial charge on any atom is 0.251 e. The maximum atomic E-state index is 12.3. The first kappa shape index (κ1) is 16.4. The van der Waals surface area contributed by atoms with Gasteiger partial charge >= 0.3 is 0 Å². The Morgan fingerprint density at radius 3 is 2.86 bits per heavy atom. The molecule has 1 N–H and O–H groups in total. The smallest absolute Gasteiger partial charge is 0.251 e. The summed E-state index contributed by atoms with van der Waals surface area (Å²) in [5.41, 5.74) is 1.26. The Labute approximate surface area is 131 Å². The fourth-order valence-electron chi connectivity index (χ4n) is 2.39. The summed E-state index contributed by atoms with van der Waals surface area (Å²) in [5.74, 6) is 0.106. The Balaban J connectivity index is 2.30. The zero-order valence-electron chi connectivity index (χ0n) is 13.6. The second kappa shape index (κ2) is 6.88. The quantitative estimate of drug-likeness (QED) is 0.929. The molecule has 2 rings (SSSR count). The lowest BCUT2D eigenvalue weighted by Crippen LogP contribution is -2.19. The molecule has 118 valence electrons. The van der Waals surface area contributed by atoms with Crippen molar-refractivity contribution in [3.8, 4) is 0 Å². The van der Waals surface area contributed by atoms with E-state index < -0.39 is 0 Å². The van der Waals surface area contributed by atoms with E-state index in [2.05, 4.69) is 48.2 Å². The molecule has 0 bridgehead atoms. The van der Waals surface area contributed by atoms with Crippen molar-refractivity contribution in [1.29, 1.82) is 0 Å². The van der Waals surface area contributed by atoms with Gasteiger partial charge in [-0.2, -0.15) is 0 Å². The predicted octanol–water partition coefficient (Wildman–Crippen LogP) is 2.68. The zero-order valence-corrected chi connectivity index (χ0v) is 14.4. The Kier molecular flexibility index (Phi) is 5.38. The molecule has 0 aliphatic carbocycles. The molecule has 1 saturated heterocycles. The fraction of sp³-hybridized carbons (Fsp3) is 0.750. The number of hydrogen-bond acceptors (Lipinski definition) is 3. The lowest BCUT2D eigenvalue weighted by atomic mass is 10.1.